The third-order valence-corrected chi connectivity index (χ3v) is 5.71. The molecule has 0 spiro atoms. The molecule has 5 nitrogen and oxygen atoms in total. The van der Waals surface area contributed by atoms with Gasteiger partial charge in [-0.25, -0.2) is 4.39 Å². The number of benzene rings is 2. The highest BCUT2D eigenvalue weighted by Crippen LogP contribution is 2.31. The summed E-state index contributed by atoms with van der Waals surface area (Å²) in [5.74, 6) is 1.04. The van der Waals surface area contributed by atoms with Crippen LogP contribution < -0.4 is 4.74 Å². The van der Waals surface area contributed by atoms with Gasteiger partial charge in [-0.15, -0.1) is 10.2 Å². The van der Waals surface area contributed by atoms with Crippen molar-refractivity contribution in [2.45, 2.75) is 30.9 Å². The Hall–Kier alpha value is -2.64. The highest BCUT2D eigenvalue weighted by atomic mass is 35.5. The number of hydrogen-bond acceptors (Lipinski definition) is 6. The Morgan fingerprint density at radius 3 is 2.69 bits per heavy atom. The summed E-state index contributed by atoms with van der Waals surface area (Å²) in [6.45, 7) is 3.77. The minimum absolute atomic E-state index is 0.322. The summed E-state index contributed by atoms with van der Waals surface area (Å²) in [4.78, 5) is 4.66. The molecule has 0 aliphatic heterocycles. The molecule has 0 fully saturated rings. The molecule has 2 aromatic heterocycles. The average molecular weight is 430 g/mol. The Bertz CT molecular complexity index is 1150. The Labute approximate surface area is 176 Å². The molecule has 0 bridgehead atoms. The topological polar surface area (TPSA) is 61.0 Å². The van der Waals surface area contributed by atoms with Crippen LogP contribution in [-0.2, 0) is 5.75 Å². The van der Waals surface area contributed by atoms with Gasteiger partial charge in [-0.3, -0.25) is 4.98 Å². The summed E-state index contributed by atoms with van der Waals surface area (Å²) < 4.78 is 24.4. The van der Waals surface area contributed by atoms with Crippen molar-refractivity contribution in [3.05, 3.63) is 76.5 Å². The maximum atomic E-state index is 13.0. The van der Waals surface area contributed by atoms with E-state index in [0.717, 1.165) is 22.2 Å². The predicted octanol–water partition coefficient (Wildman–Crippen LogP) is 6.15. The number of halogens is 2. The van der Waals surface area contributed by atoms with E-state index in [0.29, 0.717) is 27.6 Å². The third-order valence-electron chi connectivity index (χ3n) is 4.37. The zero-order valence-electron chi connectivity index (χ0n) is 15.7. The molecule has 29 heavy (non-hydrogen) atoms. The molecule has 0 aliphatic carbocycles. The lowest BCUT2D eigenvalue weighted by Gasteiger charge is -2.10. The summed E-state index contributed by atoms with van der Waals surface area (Å²) >= 11 is 7.87. The summed E-state index contributed by atoms with van der Waals surface area (Å²) in [5.41, 5.74) is 2.67. The van der Waals surface area contributed by atoms with Crippen molar-refractivity contribution >= 4 is 34.3 Å². The zero-order chi connectivity index (χ0) is 20.4. The van der Waals surface area contributed by atoms with Crippen LogP contribution in [0.3, 0.4) is 0 Å². The van der Waals surface area contributed by atoms with Crippen LogP contribution in [0.4, 0.5) is 4.39 Å². The quantitative estimate of drug-likeness (QED) is 0.342. The second kappa shape index (κ2) is 8.39. The number of ether oxygens (including phenoxy) is 1. The van der Waals surface area contributed by atoms with Crippen molar-refractivity contribution in [1.29, 1.82) is 0 Å². The van der Waals surface area contributed by atoms with Crippen LogP contribution in [0, 0.1) is 12.7 Å². The minimum atomic E-state index is -0.466. The van der Waals surface area contributed by atoms with Gasteiger partial charge >= 0.3 is 0 Å². The molecule has 2 aromatic carbocycles. The van der Waals surface area contributed by atoms with Crippen LogP contribution in [0.2, 0.25) is 5.02 Å². The lowest BCUT2D eigenvalue weighted by atomic mass is 10.1. The SMILES string of the molecule is Cc1c(Cl)c(CSc2nnc(C(C)Oc3ccc(F)cc3)o2)nc2ccccc12. The predicted molar refractivity (Wildman–Crippen MR) is 111 cm³/mol. The fourth-order valence-corrected chi connectivity index (χ4v) is 3.86. The van der Waals surface area contributed by atoms with Gasteiger partial charge in [0, 0.05) is 11.1 Å². The Morgan fingerprint density at radius 2 is 1.90 bits per heavy atom. The van der Waals surface area contributed by atoms with Gasteiger partial charge < -0.3 is 9.15 Å². The fourth-order valence-electron chi connectivity index (χ4n) is 2.85. The summed E-state index contributed by atoms with van der Waals surface area (Å²) in [6, 6.07) is 13.7. The summed E-state index contributed by atoms with van der Waals surface area (Å²) in [7, 11) is 0. The largest absolute Gasteiger partial charge is 0.481 e. The van der Waals surface area contributed by atoms with E-state index in [1.807, 2.05) is 31.2 Å². The highest BCUT2D eigenvalue weighted by Gasteiger charge is 2.17. The fraction of sp³-hybridized carbons (Fsp3) is 0.190. The third kappa shape index (κ3) is 4.36. The van der Waals surface area contributed by atoms with Gasteiger partial charge in [0.15, 0.2) is 6.10 Å². The number of nitrogens with zero attached hydrogens (tertiary/aromatic N) is 3. The molecule has 0 amide bonds. The maximum Gasteiger partial charge on any atom is 0.277 e. The zero-order valence-corrected chi connectivity index (χ0v) is 17.3. The van der Waals surface area contributed by atoms with Crippen LogP contribution in [0.5, 0.6) is 5.75 Å². The maximum absolute atomic E-state index is 13.0. The van der Waals surface area contributed by atoms with Crippen molar-refractivity contribution in [3.8, 4) is 5.75 Å². The van der Waals surface area contributed by atoms with Crippen LogP contribution >= 0.6 is 23.4 Å². The van der Waals surface area contributed by atoms with E-state index in [1.54, 1.807) is 19.1 Å². The van der Waals surface area contributed by atoms with Crippen molar-refractivity contribution in [2.75, 3.05) is 0 Å². The van der Waals surface area contributed by atoms with Gasteiger partial charge in [-0.2, -0.15) is 0 Å². The molecule has 148 valence electrons. The molecule has 1 unspecified atom stereocenters. The van der Waals surface area contributed by atoms with Gasteiger partial charge in [0.05, 0.1) is 16.2 Å². The monoisotopic (exact) mass is 429 g/mol. The smallest absolute Gasteiger partial charge is 0.277 e. The van der Waals surface area contributed by atoms with Gasteiger partial charge in [0.1, 0.15) is 11.6 Å². The molecule has 8 heteroatoms. The van der Waals surface area contributed by atoms with Crippen molar-refractivity contribution in [3.63, 3.8) is 0 Å². The first-order chi connectivity index (χ1) is 14.0. The Morgan fingerprint density at radius 1 is 1.14 bits per heavy atom. The summed E-state index contributed by atoms with van der Waals surface area (Å²) in [5, 5.41) is 10.2. The second-order valence-electron chi connectivity index (χ2n) is 6.42. The number of rotatable bonds is 6. The van der Waals surface area contributed by atoms with Crippen LogP contribution in [0.25, 0.3) is 10.9 Å². The second-order valence-corrected chi connectivity index (χ2v) is 7.73. The molecule has 0 radical (unpaired) electrons. The van der Waals surface area contributed by atoms with E-state index in [1.165, 1.54) is 23.9 Å². The van der Waals surface area contributed by atoms with Gasteiger partial charge in [0.25, 0.3) is 11.1 Å². The van der Waals surface area contributed by atoms with Crippen molar-refractivity contribution in [2.24, 2.45) is 0 Å². The average Bonchev–Trinajstić information content (AvgIpc) is 3.20. The lowest BCUT2D eigenvalue weighted by Crippen LogP contribution is -2.03. The van der Waals surface area contributed by atoms with E-state index in [9.17, 15) is 4.39 Å². The minimum Gasteiger partial charge on any atom is -0.481 e. The van der Waals surface area contributed by atoms with Crippen LogP contribution in [-0.4, -0.2) is 15.2 Å². The molecule has 2 heterocycles. The normalized spacial score (nSPS) is 12.3. The Kier molecular flexibility index (Phi) is 5.69. The van der Waals surface area contributed by atoms with Gasteiger partial charge in [0.2, 0.25) is 0 Å². The molecule has 4 rings (SSSR count). The van der Waals surface area contributed by atoms with Gasteiger partial charge in [-0.1, -0.05) is 41.6 Å². The molecule has 0 aliphatic rings. The number of para-hydroxylation sites is 1. The molecule has 0 saturated carbocycles. The van der Waals surface area contributed by atoms with E-state index < -0.39 is 6.10 Å². The highest BCUT2D eigenvalue weighted by molar-refractivity contribution is 7.98. The number of hydrogen-bond donors (Lipinski definition) is 0. The number of aryl methyl sites for hydroxylation is 1. The van der Waals surface area contributed by atoms with Crippen molar-refractivity contribution < 1.29 is 13.5 Å². The van der Waals surface area contributed by atoms with Crippen LogP contribution in [0.1, 0.15) is 30.2 Å². The number of fused-ring (bicyclic) bond motifs is 1. The molecule has 4 aromatic rings. The molecule has 0 N–H and O–H groups in total. The molecular formula is C21H17ClFN3O2S. The first-order valence-corrected chi connectivity index (χ1v) is 10.3. The Balaban J connectivity index is 1.45. The van der Waals surface area contributed by atoms with E-state index in [-0.39, 0.29) is 5.82 Å². The van der Waals surface area contributed by atoms with Crippen molar-refractivity contribution in [1.82, 2.24) is 15.2 Å². The molecular weight excluding hydrogens is 413 g/mol. The van der Waals surface area contributed by atoms with E-state index >= 15 is 0 Å². The van der Waals surface area contributed by atoms with E-state index in [4.69, 9.17) is 20.8 Å². The summed E-state index contributed by atoms with van der Waals surface area (Å²) in [6.07, 6.45) is -0.466. The number of thioether (sulfide) groups is 1. The molecule has 0 saturated heterocycles. The van der Waals surface area contributed by atoms with Gasteiger partial charge in [-0.05, 0) is 49.7 Å². The lowest BCUT2D eigenvalue weighted by molar-refractivity contribution is 0.181. The van der Waals surface area contributed by atoms with E-state index in [2.05, 4.69) is 15.2 Å². The first kappa shape index (κ1) is 19.7. The standard InChI is InChI=1S/C21H17ClFN3O2S/c1-12-16-5-3-4-6-17(16)24-18(19(12)22)11-29-21-26-25-20(28-21)13(2)27-15-9-7-14(23)8-10-15/h3-10,13H,11H2,1-2H3. The first-order valence-electron chi connectivity index (χ1n) is 8.93. The number of pyridine rings is 1. The number of aromatic nitrogens is 3. The van der Waals surface area contributed by atoms with Crippen LogP contribution in [0.15, 0.2) is 58.2 Å². The molecule has 1 atom stereocenters.